The van der Waals surface area contributed by atoms with E-state index in [1.165, 1.54) is 10.4 Å². The molecule has 1 aliphatic heterocycles. The van der Waals surface area contributed by atoms with E-state index in [4.69, 9.17) is 16.3 Å². The summed E-state index contributed by atoms with van der Waals surface area (Å²) < 4.78 is 33.6. The lowest BCUT2D eigenvalue weighted by Crippen LogP contribution is -2.45. The number of benzene rings is 2. The number of nitrogens with zero attached hydrogens (tertiary/aromatic N) is 1. The van der Waals surface area contributed by atoms with E-state index in [9.17, 15) is 13.2 Å². The van der Waals surface area contributed by atoms with Crippen LogP contribution in [0.4, 0.5) is 0 Å². The standard InChI is InChI=1S/C23H23ClN2O4S2/c24-21-11-12-22(31-21)32(28,29)26-13-5-10-20(26)23(27)25-15-18-8-4-9-19(14-18)30-16-17-6-2-1-3-7-17/h1-4,6-9,11-12,14,20H,5,10,13,15-16H2,(H,25,27)/t20-/m0/s1. The molecule has 1 N–H and O–H groups in total. The molecule has 1 atom stereocenters. The Balaban J connectivity index is 1.37. The van der Waals surface area contributed by atoms with Gasteiger partial charge in [0.25, 0.3) is 10.0 Å². The van der Waals surface area contributed by atoms with Crippen molar-refractivity contribution in [3.05, 3.63) is 82.2 Å². The fourth-order valence-electron chi connectivity index (χ4n) is 3.63. The zero-order valence-electron chi connectivity index (χ0n) is 17.2. The first kappa shape index (κ1) is 22.8. The molecule has 1 saturated heterocycles. The predicted octanol–water partition coefficient (Wildman–Crippen LogP) is 4.45. The van der Waals surface area contributed by atoms with Gasteiger partial charge in [-0.15, -0.1) is 11.3 Å². The van der Waals surface area contributed by atoms with Crippen LogP contribution >= 0.6 is 22.9 Å². The Morgan fingerprint density at radius 1 is 1.09 bits per heavy atom. The van der Waals surface area contributed by atoms with Crippen molar-refractivity contribution in [1.29, 1.82) is 0 Å². The highest BCUT2D eigenvalue weighted by Crippen LogP contribution is 2.32. The number of ether oxygens (including phenoxy) is 1. The Morgan fingerprint density at radius 3 is 2.62 bits per heavy atom. The number of carbonyl (C=O) groups excluding carboxylic acids is 1. The summed E-state index contributed by atoms with van der Waals surface area (Å²) in [5, 5.41) is 2.88. The second-order valence-corrected chi connectivity index (χ2v) is 11.3. The SMILES string of the molecule is O=C(NCc1cccc(OCc2ccccc2)c1)[C@@H]1CCCN1S(=O)(=O)c1ccc(Cl)s1. The van der Waals surface area contributed by atoms with Crippen LogP contribution in [0.25, 0.3) is 0 Å². The third kappa shape index (κ3) is 5.32. The second-order valence-electron chi connectivity index (χ2n) is 7.47. The number of nitrogens with one attached hydrogen (secondary N) is 1. The minimum Gasteiger partial charge on any atom is -0.489 e. The van der Waals surface area contributed by atoms with Gasteiger partial charge in [0.2, 0.25) is 5.91 Å². The van der Waals surface area contributed by atoms with Crippen LogP contribution in [0.2, 0.25) is 4.34 Å². The molecule has 9 heteroatoms. The van der Waals surface area contributed by atoms with Gasteiger partial charge < -0.3 is 10.1 Å². The summed E-state index contributed by atoms with van der Waals surface area (Å²) in [6, 6.07) is 19.7. The molecule has 32 heavy (non-hydrogen) atoms. The van der Waals surface area contributed by atoms with Crippen LogP contribution in [0.3, 0.4) is 0 Å². The molecule has 0 radical (unpaired) electrons. The molecular weight excluding hydrogens is 468 g/mol. The van der Waals surface area contributed by atoms with Gasteiger partial charge in [-0.1, -0.05) is 54.1 Å². The minimum absolute atomic E-state index is 0.158. The largest absolute Gasteiger partial charge is 0.489 e. The van der Waals surface area contributed by atoms with E-state index < -0.39 is 16.1 Å². The quantitative estimate of drug-likeness (QED) is 0.506. The number of rotatable bonds is 8. The molecule has 0 aliphatic carbocycles. The Bertz CT molecular complexity index is 1180. The summed E-state index contributed by atoms with van der Waals surface area (Å²) in [5.41, 5.74) is 1.95. The molecule has 2 aromatic carbocycles. The van der Waals surface area contributed by atoms with Crippen LogP contribution in [0.1, 0.15) is 24.0 Å². The normalized spacial score (nSPS) is 16.7. The molecule has 1 aliphatic rings. The highest BCUT2D eigenvalue weighted by Gasteiger charge is 2.39. The lowest BCUT2D eigenvalue weighted by Gasteiger charge is -2.22. The van der Waals surface area contributed by atoms with E-state index in [1.807, 2.05) is 54.6 Å². The van der Waals surface area contributed by atoms with Gasteiger partial charge >= 0.3 is 0 Å². The number of hydrogen-bond acceptors (Lipinski definition) is 5. The first-order chi connectivity index (χ1) is 15.4. The van der Waals surface area contributed by atoms with Crippen LogP contribution in [-0.2, 0) is 28.0 Å². The summed E-state index contributed by atoms with van der Waals surface area (Å²) >= 11 is 6.91. The Morgan fingerprint density at radius 2 is 1.88 bits per heavy atom. The van der Waals surface area contributed by atoms with Crippen molar-refractivity contribution in [2.75, 3.05) is 6.54 Å². The zero-order valence-corrected chi connectivity index (χ0v) is 19.6. The zero-order chi connectivity index (χ0) is 22.6. The molecular formula is C23H23ClN2O4S2. The Kier molecular flexibility index (Phi) is 7.15. The lowest BCUT2D eigenvalue weighted by atomic mass is 10.2. The monoisotopic (exact) mass is 490 g/mol. The summed E-state index contributed by atoms with van der Waals surface area (Å²) in [6.45, 7) is 1.06. The van der Waals surface area contributed by atoms with Crippen molar-refractivity contribution >= 4 is 38.9 Å². The van der Waals surface area contributed by atoms with Gasteiger partial charge in [0.05, 0.1) is 4.34 Å². The average molecular weight is 491 g/mol. The van der Waals surface area contributed by atoms with Gasteiger partial charge in [-0.3, -0.25) is 4.79 Å². The average Bonchev–Trinajstić information content (AvgIpc) is 3.47. The van der Waals surface area contributed by atoms with E-state index in [2.05, 4.69) is 5.32 Å². The van der Waals surface area contributed by atoms with Crippen LogP contribution in [-0.4, -0.2) is 31.2 Å². The molecule has 6 nitrogen and oxygen atoms in total. The summed E-state index contributed by atoms with van der Waals surface area (Å²) in [4.78, 5) is 12.8. The third-order valence-corrected chi connectivity index (χ3v) is 8.84. The van der Waals surface area contributed by atoms with E-state index in [1.54, 1.807) is 6.07 Å². The third-order valence-electron chi connectivity index (χ3n) is 5.23. The predicted molar refractivity (Wildman–Crippen MR) is 125 cm³/mol. The number of hydrogen-bond donors (Lipinski definition) is 1. The van der Waals surface area contributed by atoms with E-state index in [0.29, 0.717) is 36.1 Å². The molecule has 0 saturated carbocycles. The Hall–Kier alpha value is -2.39. The fraction of sp³-hybridized carbons (Fsp3) is 0.261. The van der Waals surface area contributed by atoms with Crippen LogP contribution in [0, 0.1) is 0 Å². The minimum atomic E-state index is -3.75. The fourth-order valence-corrected chi connectivity index (χ4v) is 6.90. The summed E-state index contributed by atoms with van der Waals surface area (Å²) in [5.74, 6) is 0.407. The number of thiophene rings is 1. The molecule has 1 fully saturated rings. The van der Waals surface area contributed by atoms with E-state index in [-0.39, 0.29) is 16.7 Å². The molecule has 1 amide bonds. The number of amides is 1. The van der Waals surface area contributed by atoms with Crippen molar-refractivity contribution in [2.24, 2.45) is 0 Å². The van der Waals surface area contributed by atoms with Crippen molar-refractivity contribution in [1.82, 2.24) is 9.62 Å². The smallest absolute Gasteiger partial charge is 0.253 e. The molecule has 0 bridgehead atoms. The molecule has 168 valence electrons. The molecule has 2 heterocycles. The van der Waals surface area contributed by atoms with Crippen molar-refractivity contribution < 1.29 is 17.9 Å². The van der Waals surface area contributed by atoms with E-state index >= 15 is 0 Å². The lowest BCUT2D eigenvalue weighted by molar-refractivity contribution is -0.124. The topological polar surface area (TPSA) is 75.7 Å². The van der Waals surface area contributed by atoms with Crippen molar-refractivity contribution in [2.45, 2.75) is 36.2 Å². The number of carbonyl (C=O) groups is 1. The number of halogens is 1. The molecule has 4 rings (SSSR count). The maximum atomic E-state index is 13.0. The molecule has 0 unspecified atom stereocenters. The highest BCUT2D eigenvalue weighted by molar-refractivity contribution is 7.91. The van der Waals surface area contributed by atoms with Gasteiger partial charge in [0.1, 0.15) is 22.6 Å². The maximum Gasteiger partial charge on any atom is 0.253 e. The van der Waals surface area contributed by atoms with Crippen molar-refractivity contribution in [3.63, 3.8) is 0 Å². The van der Waals surface area contributed by atoms with Gasteiger partial charge in [-0.2, -0.15) is 4.31 Å². The molecule has 3 aromatic rings. The molecule has 0 spiro atoms. The maximum absolute atomic E-state index is 13.0. The van der Waals surface area contributed by atoms with Crippen molar-refractivity contribution in [3.8, 4) is 5.75 Å². The second kappa shape index (κ2) is 10.0. The van der Waals surface area contributed by atoms with Crippen LogP contribution in [0.5, 0.6) is 5.75 Å². The van der Waals surface area contributed by atoms with Gasteiger partial charge in [-0.25, -0.2) is 8.42 Å². The highest BCUT2D eigenvalue weighted by atomic mass is 35.5. The van der Waals surface area contributed by atoms with Crippen LogP contribution in [0.15, 0.2) is 70.9 Å². The first-order valence-corrected chi connectivity index (χ1v) is 12.9. The Labute approximate surface area is 196 Å². The molecule has 1 aromatic heterocycles. The van der Waals surface area contributed by atoms with Crippen LogP contribution < -0.4 is 10.1 Å². The van der Waals surface area contributed by atoms with Gasteiger partial charge in [-0.05, 0) is 48.2 Å². The summed E-state index contributed by atoms with van der Waals surface area (Å²) in [6.07, 6.45) is 1.13. The van der Waals surface area contributed by atoms with Gasteiger partial charge in [0, 0.05) is 13.1 Å². The summed E-state index contributed by atoms with van der Waals surface area (Å²) in [7, 11) is -3.75. The first-order valence-electron chi connectivity index (χ1n) is 10.2. The van der Waals surface area contributed by atoms with Gasteiger partial charge in [0.15, 0.2) is 0 Å². The number of sulfonamides is 1. The van der Waals surface area contributed by atoms with E-state index in [0.717, 1.165) is 22.5 Å².